The van der Waals surface area contributed by atoms with Crippen LogP contribution in [0.2, 0.25) is 0 Å². The first-order valence-corrected chi connectivity index (χ1v) is 6.49. The largest absolute Gasteiger partial charge is 0.458 e. The highest BCUT2D eigenvalue weighted by molar-refractivity contribution is 5.75. The van der Waals surface area contributed by atoms with Crippen molar-refractivity contribution in [2.45, 2.75) is 52.2 Å². The molecule has 100 valence electrons. The van der Waals surface area contributed by atoms with Crippen molar-refractivity contribution in [3.05, 3.63) is 0 Å². The molecule has 0 saturated carbocycles. The Morgan fingerprint density at radius 1 is 1.35 bits per heavy atom. The molecule has 0 aromatic carbocycles. The normalized spacial score (nSPS) is 20.0. The van der Waals surface area contributed by atoms with E-state index < -0.39 is 11.7 Å². The van der Waals surface area contributed by atoms with Gasteiger partial charge in [0.25, 0.3) is 0 Å². The number of carbonyl (C=O) groups excluding carboxylic acids is 1. The lowest BCUT2D eigenvalue weighted by molar-refractivity contribution is -0.173. The van der Waals surface area contributed by atoms with E-state index in [0.717, 1.165) is 25.9 Å². The first kappa shape index (κ1) is 14.5. The predicted molar refractivity (Wildman–Crippen MR) is 66.9 cm³/mol. The van der Waals surface area contributed by atoms with Crippen molar-refractivity contribution in [2.75, 3.05) is 19.7 Å². The third-order valence-electron chi connectivity index (χ3n) is 2.80. The van der Waals surface area contributed by atoms with E-state index in [1.165, 1.54) is 0 Å². The molecule has 0 aliphatic carbocycles. The summed E-state index contributed by atoms with van der Waals surface area (Å²) in [7, 11) is 0. The first-order chi connectivity index (χ1) is 7.94. The van der Waals surface area contributed by atoms with Crippen molar-refractivity contribution < 1.29 is 14.3 Å². The van der Waals surface area contributed by atoms with Gasteiger partial charge in [0.05, 0.1) is 0 Å². The van der Waals surface area contributed by atoms with Crippen LogP contribution in [0.4, 0.5) is 0 Å². The molecule has 1 N–H and O–H groups in total. The van der Waals surface area contributed by atoms with Gasteiger partial charge in [0, 0.05) is 6.61 Å². The molecule has 1 saturated heterocycles. The van der Waals surface area contributed by atoms with Gasteiger partial charge in [0.2, 0.25) is 0 Å². The van der Waals surface area contributed by atoms with Gasteiger partial charge in [-0.15, -0.1) is 0 Å². The van der Waals surface area contributed by atoms with Crippen LogP contribution < -0.4 is 5.32 Å². The van der Waals surface area contributed by atoms with E-state index in [1.807, 2.05) is 27.7 Å². The highest BCUT2D eigenvalue weighted by Gasteiger charge is 2.33. The van der Waals surface area contributed by atoms with Crippen LogP contribution in [0.5, 0.6) is 0 Å². The Labute approximate surface area is 104 Å². The van der Waals surface area contributed by atoms with E-state index >= 15 is 0 Å². The van der Waals surface area contributed by atoms with Crippen LogP contribution in [0.15, 0.2) is 0 Å². The molecule has 0 amide bonds. The van der Waals surface area contributed by atoms with Crippen LogP contribution in [-0.4, -0.2) is 37.4 Å². The Bertz CT molecular complexity index is 242. The van der Waals surface area contributed by atoms with Gasteiger partial charge in [-0.2, -0.15) is 0 Å². The first-order valence-electron chi connectivity index (χ1n) is 6.49. The molecule has 0 spiro atoms. The van der Waals surface area contributed by atoms with Gasteiger partial charge in [0.1, 0.15) is 5.60 Å². The number of hydrogen-bond acceptors (Lipinski definition) is 4. The third-order valence-corrected chi connectivity index (χ3v) is 2.80. The zero-order valence-corrected chi connectivity index (χ0v) is 11.4. The van der Waals surface area contributed by atoms with Crippen molar-refractivity contribution in [1.29, 1.82) is 0 Å². The van der Waals surface area contributed by atoms with Crippen LogP contribution in [0, 0.1) is 5.92 Å². The molecule has 0 radical (unpaired) electrons. The molecule has 1 heterocycles. The van der Waals surface area contributed by atoms with Crippen molar-refractivity contribution in [2.24, 2.45) is 5.92 Å². The minimum atomic E-state index is -0.445. The maximum absolute atomic E-state index is 12.1. The minimum Gasteiger partial charge on any atom is -0.458 e. The van der Waals surface area contributed by atoms with Gasteiger partial charge in [0.15, 0.2) is 6.10 Å². The fraction of sp³-hybridized carbons (Fsp3) is 0.923. The minimum absolute atomic E-state index is 0.216. The van der Waals surface area contributed by atoms with Gasteiger partial charge in [-0.05, 0) is 59.5 Å². The van der Waals surface area contributed by atoms with Gasteiger partial charge < -0.3 is 14.8 Å². The van der Waals surface area contributed by atoms with E-state index in [9.17, 15) is 4.79 Å². The van der Waals surface area contributed by atoms with Crippen LogP contribution in [0.25, 0.3) is 0 Å². The van der Waals surface area contributed by atoms with Gasteiger partial charge >= 0.3 is 5.97 Å². The summed E-state index contributed by atoms with van der Waals surface area (Å²) in [4.78, 5) is 12.1. The molecule has 1 aliphatic rings. The van der Waals surface area contributed by atoms with E-state index in [0.29, 0.717) is 6.61 Å². The summed E-state index contributed by atoms with van der Waals surface area (Å²) in [6.07, 6.45) is 1.55. The molecule has 0 bridgehead atoms. The molecule has 1 aliphatic heterocycles. The summed E-state index contributed by atoms with van der Waals surface area (Å²) in [6, 6.07) is 0. The second-order valence-electron chi connectivity index (χ2n) is 5.50. The second-order valence-corrected chi connectivity index (χ2v) is 5.50. The number of esters is 1. The van der Waals surface area contributed by atoms with Crippen molar-refractivity contribution in [3.63, 3.8) is 0 Å². The lowest BCUT2D eigenvalue weighted by Gasteiger charge is -2.31. The van der Waals surface area contributed by atoms with E-state index in [2.05, 4.69) is 5.32 Å². The molecular formula is C13H25NO3. The highest BCUT2D eigenvalue weighted by atomic mass is 16.6. The van der Waals surface area contributed by atoms with Crippen molar-refractivity contribution in [1.82, 2.24) is 5.32 Å². The Balaban J connectivity index is 2.60. The van der Waals surface area contributed by atoms with Crippen LogP contribution >= 0.6 is 0 Å². The molecule has 0 aromatic heterocycles. The Hall–Kier alpha value is -0.610. The number of nitrogens with one attached hydrogen (secondary N) is 1. The van der Waals surface area contributed by atoms with Crippen LogP contribution in [0.3, 0.4) is 0 Å². The van der Waals surface area contributed by atoms with E-state index in [4.69, 9.17) is 9.47 Å². The smallest absolute Gasteiger partial charge is 0.336 e. The molecule has 1 fully saturated rings. The molecule has 1 rings (SSSR count). The average molecular weight is 243 g/mol. The Morgan fingerprint density at radius 3 is 2.41 bits per heavy atom. The second kappa shape index (κ2) is 6.36. The number of piperidine rings is 1. The Morgan fingerprint density at radius 2 is 1.94 bits per heavy atom. The van der Waals surface area contributed by atoms with Crippen LogP contribution in [0.1, 0.15) is 40.5 Å². The number of rotatable bonds is 4. The number of hydrogen-bond donors (Lipinski definition) is 1. The molecule has 17 heavy (non-hydrogen) atoms. The summed E-state index contributed by atoms with van der Waals surface area (Å²) in [5, 5.41) is 3.29. The van der Waals surface area contributed by atoms with Gasteiger partial charge in [-0.1, -0.05) is 0 Å². The molecule has 0 aromatic rings. The summed E-state index contributed by atoms with van der Waals surface area (Å²) in [5.74, 6) is 0.0669. The number of carbonyl (C=O) groups is 1. The van der Waals surface area contributed by atoms with E-state index in [1.54, 1.807) is 0 Å². The fourth-order valence-electron chi connectivity index (χ4n) is 2.08. The summed E-state index contributed by atoms with van der Waals surface area (Å²) >= 11 is 0. The molecule has 1 unspecified atom stereocenters. The fourth-order valence-corrected chi connectivity index (χ4v) is 2.08. The standard InChI is InChI=1S/C13H25NO3/c1-5-16-11(10-6-8-14-9-7-10)12(15)17-13(2,3)4/h10-11,14H,5-9H2,1-4H3. The summed E-state index contributed by atoms with van der Waals surface area (Å²) in [5.41, 5.74) is -0.445. The van der Waals surface area contributed by atoms with Crippen molar-refractivity contribution >= 4 is 5.97 Å². The van der Waals surface area contributed by atoms with Crippen molar-refractivity contribution in [3.8, 4) is 0 Å². The summed E-state index contributed by atoms with van der Waals surface area (Å²) < 4.78 is 11.0. The lowest BCUT2D eigenvalue weighted by Crippen LogP contribution is -2.42. The lowest BCUT2D eigenvalue weighted by atomic mass is 9.92. The Kier molecular flexibility index (Phi) is 5.40. The zero-order chi connectivity index (χ0) is 12.9. The van der Waals surface area contributed by atoms with Gasteiger partial charge in [-0.3, -0.25) is 0 Å². The zero-order valence-electron chi connectivity index (χ0n) is 11.4. The predicted octanol–water partition coefficient (Wildman–Crippen LogP) is 1.73. The third kappa shape index (κ3) is 5.04. The summed E-state index contributed by atoms with van der Waals surface area (Å²) in [6.45, 7) is 10.0. The topological polar surface area (TPSA) is 47.6 Å². The number of ether oxygens (including phenoxy) is 2. The highest BCUT2D eigenvalue weighted by Crippen LogP contribution is 2.22. The monoisotopic (exact) mass is 243 g/mol. The molecular weight excluding hydrogens is 218 g/mol. The van der Waals surface area contributed by atoms with Crippen LogP contribution in [-0.2, 0) is 14.3 Å². The average Bonchev–Trinajstić information content (AvgIpc) is 2.24. The maximum atomic E-state index is 12.1. The molecule has 1 atom stereocenters. The van der Waals surface area contributed by atoms with E-state index in [-0.39, 0.29) is 11.9 Å². The quantitative estimate of drug-likeness (QED) is 0.764. The maximum Gasteiger partial charge on any atom is 0.336 e. The SMILES string of the molecule is CCOC(C(=O)OC(C)(C)C)C1CCNCC1. The molecule has 4 nitrogen and oxygen atoms in total. The molecule has 4 heteroatoms. The van der Waals surface area contributed by atoms with Gasteiger partial charge in [-0.25, -0.2) is 4.79 Å².